The molecule has 0 atom stereocenters. The number of carbonyl (C=O) groups is 1. The Kier molecular flexibility index (Phi) is 3.43. The molecule has 88 valence electrons. The highest BCUT2D eigenvalue weighted by molar-refractivity contribution is 5.73. The lowest BCUT2D eigenvalue weighted by Crippen LogP contribution is -2.43. The van der Waals surface area contributed by atoms with Crippen molar-refractivity contribution in [1.29, 1.82) is 0 Å². The molecule has 2 amide bonds. The van der Waals surface area contributed by atoms with Crippen LogP contribution in [-0.4, -0.2) is 37.0 Å². The molecule has 1 rings (SSSR count). The van der Waals surface area contributed by atoms with E-state index in [0.717, 1.165) is 12.8 Å². The minimum Gasteiger partial charge on any atom is -0.396 e. The van der Waals surface area contributed by atoms with Crippen molar-refractivity contribution in [1.82, 2.24) is 10.6 Å². The van der Waals surface area contributed by atoms with Crippen molar-refractivity contribution < 1.29 is 23.1 Å². The molecule has 1 fully saturated rings. The fourth-order valence-electron chi connectivity index (χ4n) is 1.08. The second kappa shape index (κ2) is 4.26. The minimum atomic E-state index is -4.40. The summed E-state index contributed by atoms with van der Waals surface area (Å²) in [4.78, 5) is 10.9. The maximum Gasteiger partial charge on any atom is 0.405 e. The third kappa shape index (κ3) is 4.37. The molecule has 4 nitrogen and oxygen atoms in total. The zero-order valence-corrected chi connectivity index (χ0v) is 8.02. The molecule has 0 saturated heterocycles. The topological polar surface area (TPSA) is 61.4 Å². The number of amides is 2. The third-order valence-corrected chi connectivity index (χ3v) is 2.37. The largest absolute Gasteiger partial charge is 0.405 e. The Balaban J connectivity index is 2.14. The van der Waals surface area contributed by atoms with E-state index < -0.39 is 18.8 Å². The molecule has 0 aromatic heterocycles. The van der Waals surface area contributed by atoms with Gasteiger partial charge in [-0.1, -0.05) is 0 Å². The van der Waals surface area contributed by atoms with E-state index in [1.807, 2.05) is 0 Å². The van der Waals surface area contributed by atoms with Crippen LogP contribution in [0.1, 0.15) is 12.8 Å². The van der Waals surface area contributed by atoms with E-state index in [9.17, 15) is 18.0 Å². The number of aliphatic hydroxyl groups is 1. The predicted octanol–water partition coefficient (Wildman–Crippen LogP) is 0.620. The molecule has 15 heavy (non-hydrogen) atoms. The highest BCUT2D eigenvalue weighted by Crippen LogP contribution is 2.44. The van der Waals surface area contributed by atoms with Gasteiger partial charge >= 0.3 is 12.2 Å². The lowest BCUT2D eigenvalue weighted by atomic mass is 10.1. The van der Waals surface area contributed by atoms with Gasteiger partial charge in [0, 0.05) is 12.0 Å². The van der Waals surface area contributed by atoms with Crippen LogP contribution in [0.25, 0.3) is 0 Å². The average Bonchev–Trinajstić information content (AvgIpc) is 2.91. The zero-order valence-electron chi connectivity index (χ0n) is 8.02. The minimum absolute atomic E-state index is 0.0491. The van der Waals surface area contributed by atoms with Crippen LogP contribution in [-0.2, 0) is 0 Å². The van der Waals surface area contributed by atoms with Crippen molar-refractivity contribution in [3.8, 4) is 0 Å². The van der Waals surface area contributed by atoms with Gasteiger partial charge in [0.2, 0.25) is 0 Å². The van der Waals surface area contributed by atoms with E-state index >= 15 is 0 Å². The van der Waals surface area contributed by atoms with Crippen molar-refractivity contribution in [3.05, 3.63) is 0 Å². The molecule has 0 radical (unpaired) electrons. The standard InChI is InChI=1S/C8H13F3N2O2/c9-8(10,11)4-13-6(15)12-3-7(5-14)1-2-7/h14H,1-5H2,(H2,12,13,15). The number of alkyl halides is 3. The van der Waals surface area contributed by atoms with Crippen LogP contribution in [0.15, 0.2) is 0 Å². The number of urea groups is 1. The van der Waals surface area contributed by atoms with E-state index in [2.05, 4.69) is 5.32 Å². The van der Waals surface area contributed by atoms with Gasteiger partial charge in [-0.15, -0.1) is 0 Å². The number of hydrogen-bond acceptors (Lipinski definition) is 2. The van der Waals surface area contributed by atoms with Gasteiger partial charge in [-0.05, 0) is 12.8 Å². The number of nitrogens with one attached hydrogen (secondary N) is 2. The van der Waals surface area contributed by atoms with Crippen molar-refractivity contribution in [2.75, 3.05) is 19.7 Å². The van der Waals surface area contributed by atoms with Gasteiger partial charge in [0.1, 0.15) is 6.54 Å². The van der Waals surface area contributed by atoms with Gasteiger partial charge in [-0.3, -0.25) is 0 Å². The fourth-order valence-corrected chi connectivity index (χ4v) is 1.08. The van der Waals surface area contributed by atoms with Crippen LogP contribution in [0, 0.1) is 5.41 Å². The van der Waals surface area contributed by atoms with Crippen molar-refractivity contribution in [3.63, 3.8) is 0 Å². The summed E-state index contributed by atoms with van der Waals surface area (Å²) in [5, 5.41) is 12.9. The predicted molar refractivity (Wildman–Crippen MR) is 46.2 cm³/mol. The van der Waals surface area contributed by atoms with E-state index in [0.29, 0.717) is 0 Å². The molecule has 0 aromatic carbocycles. The van der Waals surface area contributed by atoms with Crippen molar-refractivity contribution in [2.45, 2.75) is 19.0 Å². The quantitative estimate of drug-likeness (QED) is 0.658. The number of aliphatic hydroxyl groups excluding tert-OH is 1. The summed E-state index contributed by atoms with van der Waals surface area (Å²) >= 11 is 0. The van der Waals surface area contributed by atoms with Gasteiger partial charge in [-0.25, -0.2) is 4.79 Å². The molecule has 1 saturated carbocycles. The first-order valence-electron chi connectivity index (χ1n) is 4.56. The van der Waals surface area contributed by atoms with E-state index in [-0.39, 0.29) is 18.6 Å². The fraction of sp³-hybridized carbons (Fsp3) is 0.875. The lowest BCUT2D eigenvalue weighted by molar-refractivity contribution is -0.122. The highest BCUT2D eigenvalue weighted by atomic mass is 19.4. The summed E-state index contributed by atoms with van der Waals surface area (Å²) in [6.45, 7) is -1.18. The lowest BCUT2D eigenvalue weighted by Gasteiger charge is -2.14. The van der Waals surface area contributed by atoms with Gasteiger partial charge in [0.15, 0.2) is 0 Å². The molecule has 3 N–H and O–H groups in total. The number of hydrogen-bond donors (Lipinski definition) is 3. The van der Waals surface area contributed by atoms with Crippen LogP contribution in [0.4, 0.5) is 18.0 Å². The van der Waals surface area contributed by atoms with Crippen LogP contribution in [0.3, 0.4) is 0 Å². The molecule has 0 bridgehead atoms. The van der Waals surface area contributed by atoms with E-state index in [4.69, 9.17) is 5.11 Å². The number of halogens is 3. The Morgan fingerprint density at radius 2 is 1.93 bits per heavy atom. The molecule has 0 unspecified atom stereocenters. The van der Waals surface area contributed by atoms with E-state index in [1.165, 1.54) is 0 Å². The van der Waals surface area contributed by atoms with Crippen molar-refractivity contribution >= 4 is 6.03 Å². The second-order valence-electron chi connectivity index (χ2n) is 3.81. The second-order valence-corrected chi connectivity index (χ2v) is 3.81. The first-order valence-corrected chi connectivity index (χ1v) is 4.56. The van der Waals surface area contributed by atoms with Gasteiger partial charge in [-0.2, -0.15) is 13.2 Å². The molecule has 0 aromatic rings. The zero-order chi connectivity index (χ0) is 11.5. The van der Waals surface area contributed by atoms with Crippen LogP contribution < -0.4 is 10.6 Å². The molecular formula is C8H13F3N2O2. The molecular weight excluding hydrogens is 213 g/mol. The maximum atomic E-state index is 11.7. The monoisotopic (exact) mass is 226 g/mol. The Labute approximate surface area is 84.8 Å². The van der Waals surface area contributed by atoms with E-state index in [1.54, 1.807) is 5.32 Å². The Hall–Kier alpha value is -0.980. The van der Waals surface area contributed by atoms with Gasteiger partial charge in [0.05, 0.1) is 6.61 Å². The highest BCUT2D eigenvalue weighted by Gasteiger charge is 2.42. The molecule has 1 aliphatic rings. The van der Waals surface area contributed by atoms with Crippen LogP contribution in [0.5, 0.6) is 0 Å². The number of carbonyl (C=O) groups excluding carboxylic acids is 1. The van der Waals surface area contributed by atoms with Crippen LogP contribution in [0.2, 0.25) is 0 Å². The van der Waals surface area contributed by atoms with Crippen LogP contribution >= 0.6 is 0 Å². The average molecular weight is 226 g/mol. The number of rotatable bonds is 4. The van der Waals surface area contributed by atoms with Gasteiger partial charge in [0.25, 0.3) is 0 Å². The van der Waals surface area contributed by atoms with Crippen molar-refractivity contribution in [2.24, 2.45) is 5.41 Å². The first-order chi connectivity index (χ1) is 6.87. The molecule has 0 aliphatic heterocycles. The first kappa shape index (κ1) is 12.1. The Morgan fingerprint density at radius 1 is 1.33 bits per heavy atom. The smallest absolute Gasteiger partial charge is 0.396 e. The van der Waals surface area contributed by atoms with Gasteiger partial charge < -0.3 is 15.7 Å². The summed E-state index contributed by atoms with van der Waals surface area (Å²) in [6.07, 6.45) is -2.81. The normalized spacial score (nSPS) is 18.4. The summed E-state index contributed by atoms with van der Waals surface area (Å²) in [5.74, 6) is 0. The summed E-state index contributed by atoms with van der Waals surface area (Å²) < 4.78 is 35.1. The molecule has 0 spiro atoms. The third-order valence-electron chi connectivity index (χ3n) is 2.37. The molecule has 7 heteroatoms. The Bertz CT molecular complexity index is 239. The summed E-state index contributed by atoms with van der Waals surface area (Å²) in [7, 11) is 0. The summed E-state index contributed by atoms with van der Waals surface area (Å²) in [5.41, 5.74) is -0.296. The Morgan fingerprint density at radius 3 is 2.33 bits per heavy atom. The SMILES string of the molecule is O=C(NCC(F)(F)F)NCC1(CO)CC1. The molecule has 1 aliphatic carbocycles. The molecule has 0 heterocycles. The summed E-state index contributed by atoms with van der Waals surface area (Å²) in [6, 6.07) is -0.855. The maximum absolute atomic E-state index is 11.7.